The van der Waals surface area contributed by atoms with E-state index in [0.29, 0.717) is 11.2 Å². The van der Waals surface area contributed by atoms with Crippen LogP contribution in [0.15, 0.2) is 79.4 Å². The Kier molecular flexibility index (Phi) is 4.23. The molecule has 7 heteroatoms. The number of benzene rings is 2. The summed E-state index contributed by atoms with van der Waals surface area (Å²) in [6, 6.07) is 19.3. The van der Waals surface area contributed by atoms with Gasteiger partial charge in [0, 0.05) is 35.7 Å². The lowest BCUT2D eigenvalue weighted by Gasteiger charge is -2.17. The van der Waals surface area contributed by atoms with Crippen molar-refractivity contribution in [3.8, 4) is 28.3 Å². The molecule has 1 unspecified atom stereocenters. The Bertz CT molecular complexity index is 1580. The number of hydrogen-bond donors (Lipinski definition) is 2. The van der Waals surface area contributed by atoms with Gasteiger partial charge in [0.2, 0.25) is 5.82 Å². The van der Waals surface area contributed by atoms with Crippen LogP contribution in [0.2, 0.25) is 0 Å². The molecule has 5 aromatic rings. The van der Waals surface area contributed by atoms with E-state index >= 15 is 0 Å². The monoisotopic (exact) mass is 428 g/mol. The number of nitrogens with one attached hydrogen (secondary N) is 2. The van der Waals surface area contributed by atoms with E-state index < -0.39 is 0 Å². The van der Waals surface area contributed by atoms with Crippen LogP contribution in [0, 0.1) is 11.3 Å². The molecule has 156 valence electrons. The van der Waals surface area contributed by atoms with Crippen molar-refractivity contribution >= 4 is 16.9 Å². The van der Waals surface area contributed by atoms with E-state index in [2.05, 4.69) is 31.3 Å². The standard InChI is InChI=1S/C26H16N6O/c27-12-22-30-13-15(14-31-22)16-6-3-7-21-23(16)17-4-1-2-5-18(17)24(21)32-26(33)20-9-11-29-25-19(20)8-10-28-25/h1-11,13-14,24H,(H,28,29)(H,32,33). The number of pyridine rings is 1. The average molecular weight is 428 g/mol. The third-order valence-electron chi connectivity index (χ3n) is 5.99. The fourth-order valence-electron chi connectivity index (χ4n) is 4.54. The zero-order chi connectivity index (χ0) is 22.4. The summed E-state index contributed by atoms with van der Waals surface area (Å²) in [5.74, 6) is -0.0351. The SMILES string of the molecule is N#Cc1ncc(-c2cccc3c2-c2ccccc2C3NC(=O)c2ccnc3[nH]ccc23)cn1. The van der Waals surface area contributed by atoms with Gasteiger partial charge in [-0.15, -0.1) is 0 Å². The van der Waals surface area contributed by atoms with Crippen molar-refractivity contribution in [1.29, 1.82) is 5.26 Å². The molecule has 3 aromatic heterocycles. The molecule has 1 atom stereocenters. The molecule has 3 heterocycles. The molecule has 1 aliphatic rings. The molecule has 7 nitrogen and oxygen atoms in total. The molecule has 2 N–H and O–H groups in total. The number of H-pyrrole nitrogens is 1. The summed E-state index contributed by atoms with van der Waals surface area (Å²) in [5, 5.41) is 13.0. The smallest absolute Gasteiger partial charge is 0.252 e. The van der Waals surface area contributed by atoms with Crippen LogP contribution in [0.25, 0.3) is 33.3 Å². The van der Waals surface area contributed by atoms with Crippen molar-refractivity contribution in [2.75, 3.05) is 0 Å². The number of aromatic nitrogens is 4. The van der Waals surface area contributed by atoms with Crippen molar-refractivity contribution in [3.05, 3.63) is 102 Å². The van der Waals surface area contributed by atoms with Gasteiger partial charge >= 0.3 is 0 Å². The lowest BCUT2D eigenvalue weighted by Crippen LogP contribution is -2.28. The number of fused-ring (bicyclic) bond motifs is 4. The summed E-state index contributed by atoms with van der Waals surface area (Å²) < 4.78 is 0. The van der Waals surface area contributed by atoms with Gasteiger partial charge in [0.15, 0.2) is 0 Å². The minimum atomic E-state index is -0.301. The first-order valence-corrected chi connectivity index (χ1v) is 10.4. The minimum Gasteiger partial charge on any atom is -0.346 e. The van der Waals surface area contributed by atoms with Crippen LogP contribution in [0.1, 0.15) is 33.4 Å². The van der Waals surface area contributed by atoms with E-state index in [-0.39, 0.29) is 17.8 Å². The number of carbonyl (C=O) groups excluding carboxylic acids is 1. The fraction of sp³-hybridized carbons (Fsp3) is 0.0385. The second-order valence-corrected chi connectivity index (χ2v) is 7.77. The summed E-state index contributed by atoms with van der Waals surface area (Å²) in [6.45, 7) is 0. The average Bonchev–Trinajstić information content (AvgIpc) is 3.47. The molecule has 1 aliphatic carbocycles. The van der Waals surface area contributed by atoms with Crippen LogP contribution in [0.3, 0.4) is 0 Å². The molecule has 0 radical (unpaired) electrons. The van der Waals surface area contributed by atoms with Crippen LogP contribution in [0.5, 0.6) is 0 Å². The van der Waals surface area contributed by atoms with Crippen LogP contribution in [-0.4, -0.2) is 25.8 Å². The number of hydrogen-bond acceptors (Lipinski definition) is 5. The number of rotatable bonds is 3. The highest BCUT2D eigenvalue weighted by molar-refractivity contribution is 6.06. The molecular formula is C26H16N6O. The summed E-state index contributed by atoms with van der Waals surface area (Å²) >= 11 is 0. The quantitative estimate of drug-likeness (QED) is 0.443. The normalized spacial score (nSPS) is 13.8. The highest BCUT2D eigenvalue weighted by Gasteiger charge is 2.32. The van der Waals surface area contributed by atoms with Gasteiger partial charge in [-0.3, -0.25) is 4.79 Å². The van der Waals surface area contributed by atoms with Crippen LogP contribution in [0.4, 0.5) is 0 Å². The number of amides is 1. The van der Waals surface area contributed by atoms with Gasteiger partial charge in [-0.2, -0.15) is 5.26 Å². The van der Waals surface area contributed by atoms with Gasteiger partial charge in [-0.25, -0.2) is 15.0 Å². The van der Waals surface area contributed by atoms with Gasteiger partial charge in [0.05, 0.1) is 11.6 Å². The van der Waals surface area contributed by atoms with E-state index in [0.717, 1.165) is 38.8 Å². The van der Waals surface area contributed by atoms with Gasteiger partial charge in [0.25, 0.3) is 5.91 Å². The predicted octanol–water partition coefficient (Wildman–Crippen LogP) is 4.39. The molecule has 2 aromatic carbocycles. The highest BCUT2D eigenvalue weighted by atomic mass is 16.1. The van der Waals surface area contributed by atoms with Crippen molar-refractivity contribution in [2.24, 2.45) is 0 Å². The molecule has 0 bridgehead atoms. The minimum absolute atomic E-state index is 0.130. The lowest BCUT2D eigenvalue weighted by atomic mass is 9.95. The van der Waals surface area contributed by atoms with Crippen molar-refractivity contribution in [1.82, 2.24) is 25.3 Å². The van der Waals surface area contributed by atoms with Crippen molar-refractivity contribution in [2.45, 2.75) is 6.04 Å². The second kappa shape index (κ2) is 7.39. The molecule has 33 heavy (non-hydrogen) atoms. The summed E-state index contributed by atoms with van der Waals surface area (Å²) in [6.07, 6.45) is 6.73. The molecule has 0 fully saturated rings. The third-order valence-corrected chi connectivity index (χ3v) is 5.99. The lowest BCUT2D eigenvalue weighted by molar-refractivity contribution is 0.0945. The molecule has 1 amide bonds. The summed E-state index contributed by atoms with van der Waals surface area (Å²) in [5.41, 5.74) is 7.15. The Morgan fingerprint density at radius 3 is 2.58 bits per heavy atom. The van der Waals surface area contributed by atoms with Gasteiger partial charge in [-0.05, 0) is 39.9 Å². The maximum absolute atomic E-state index is 13.4. The Labute approximate surface area is 188 Å². The van der Waals surface area contributed by atoms with Crippen LogP contribution in [-0.2, 0) is 0 Å². The van der Waals surface area contributed by atoms with E-state index in [9.17, 15) is 4.79 Å². The number of nitriles is 1. The predicted molar refractivity (Wildman–Crippen MR) is 123 cm³/mol. The van der Waals surface area contributed by atoms with Crippen molar-refractivity contribution < 1.29 is 4.79 Å². The Morgan fingerprint density at radius 2 is 1.73 bits per heavy atom. The zero-order valence-electron chi connectivity index (χ0n) is 17.3. The molecule has 0 aliphatic heterocycles. The topological polar surface area (TPSA) is 107 Å². The fourth-order valence-corrected chi connectivity index (χ4v) is 4.54. The Balaban J connectivity index is 1.46. The molecule has 0 saturated carbocycles. The van der Waals surface area contributed by atoms with Crippen LogP contribution >= 0.6 is 0 Å². The molecule has 0 spiro atoms. The summed E-state index contributed by atoms with van der Waals surface area (Å²) in [4.78, 5) is 29.0. The van der Waals surface area contributed by atoms with E-state index in [4.69, 9.17) is 5.26 Å². The van der Waals surface area contributed by atoms with E-state index in [1.54, 1.807) is 30.9 Å². The first-order chi connectivity index (χ1) is 16.2. The number of aromatic amines is 1. The Hall–Kier alpha value is -4.83. The van der Waals surface area contributed by atoms with Gasteiger partial charge < -0.3 is 10.3 Å². The second-order valence-electron chi connectivity index (χ2n) is 7.77. The molecule has 0 saturated heterocycles. The Morgan fingerprint density at radius 1 is 0.939 bits per heavy atom. The summed E-state index contributed by atoms with van der Waals surface area (Å²) in [7, 11) is 0. The third kappa shape index (κ3) is 2.97. The maximum atomic E-state index is 13.4. The highest BCUT2D eigenvalue weighted by Crippen LogP contribution is 2.47. The first-order valence-electron chi connectivity index (χ1n) is 10.4. The number of nitrogens with zero attached hydrogens (tertiary/aromatic N) is 4. The van der Waals surface area contributed by atoms with E-state index in [1.165, 1.54) is 0 Å². The molecular weight excluding hydrogens is 412 g/mol. The zero-order valence-corrected chi connectivity index (χ0v) is 17.3. The molecule has 6 rings (SSSR count). The van der Waals surface area contributed by atoms with Crippen LogP contribution < -0.4 is 5.32 Å². The first kappa shape index (κ1) is 18.9. The largest absolute Gasteiger partial charge is 0.346 e. The van der Waals surface area contributed by atoms with E-state index in [1.807, 2.05) is 48.5 Å². The van der Waals surface area contributed by atoms with Crippen molar-refractivity contribution in [3.63, 3.8) is 0 Å². The number of carbonyl (C=O) groups is 1. The van der Waals surface area contributed by atoms with Gasteiger partial charge in [-0.1, -0.05) is 42.5 Å². The van der Waals surface area contributed by atoms with Gasteiger partial charge in [0.1, 0.15) is 11.7 Å². The maximum Gasteiger partial charge on any atom is 0.252 e.